The largest absolute Gasteiger partial charge is 0.422 e. The summed E-state index contributed by atoms with van der Waals surface area (Å²) in [7, 11) is 0. The van der Waals surface area contributed by atoms with Crippen LogP contribution >= 0.6 is 0 Å². The third-order valence-corrected chi connectivity index (χ3v) is 4.57. The van der Waals surface area contributed by atoms with E-state index in [-0.39, 0.29) is 5.63 Å². The summed E-state index contributed by atoms with van der Waals surface area (Å²) in [6.07, 6.45) is 0.824. The summed E-state index contributed by atoms with van der Waals surface area (Å²) in [5, 5.41) is 2.62. The molecule has 0 spiro atoms. The van der Waals surface area contributed by atoms with E-state index in [0.29, 0.717) is 5.39 Å². The lowest BCUT2D eigenvalue weighted by molar-refractivity contribution is 0.567. The summed E-state index contributed by atoms with van der Waals surface area (Å²) >= 11 is 0. The minimum absolute atomic E-state index is 0.257. The highest BCUT2D eigenvalue weighted by Gasteiger charge is 2.22. The molecule has 0 bridgehead atoms. The van der Waals surface area contributed by atoms with Crippen molar-refractivity contribution in [1.82, 2.24) is 0 Å². The maximum atomic E-state index is 12.3. The van der Waals surface area contributed by atoms with Gasteiger partial charge in [0.2, 0.25) is 0 Å². The Bertz CT molecular complexity index is 1120. The van der Waals surface area contributed by atoms with Gasteiger partial charge < -0.3 is 4.42 Å². The maximum absolute atomic E-state index is 12.3. The topological polar surface area (TPSA) is 30.2 Å². The van der Waals surface area contributed by atoms with Gasteiger partial charge in [0, 0.05) is 17.4 Å². The van der Waals surface area contributed by atoms with E-state index in [9.17, 15) is 4.79 Å². The maximum Gasteiger partial charge on any atom is 0.344 e. The minimum Gasteiger partial charge on any atom is -0.422 e. The van der Waals surface area contributed by atoms with E-state index in [1.807, 2.05) is 24.3 Å². The van der Waals surface area contributed by atoms with Gasteiger partial charge in [-0.1, -0.05) is 48.5 Å². The Morgan fingerprint density at radius 2 is 1.50 bits per heavy atom. The number of fused-ring (bicyclic) bond motifs is 7. The summed E-state index contributed by atoms with van der Waals surface area (Å²) in [5.41, 5.74) is 5.32. The van der Waals surface area contributed by atoms with Crippen LogP contribution in [0.1, 0.15) is 11.1 Å². The fraction of sp³-hybridized carbons (Fsp3) is 0.0500. The monoisotopic (exact) mass is 284 g/mol. The van der Waals surface area contributed by atoms with Gasteiger partial charge in [-0.05, 0) is 34.2 Å². The Hall–Kier alpha value is -2.87. The predicted molar refractivity (Wildman–Crippen MR) is 88.2 cm³/mol. The average Bonchev–Trinajstić information content (AvgIpc) is 2.94. The van der Waals surface area contributed by atoms with Crippen LogP contribution in [0.2, 0.25) is 0 Å². The zero-order valence-electron chi connectivity index (χ0n) is 11.8. The van der Waals surface area contributed by atoms with Crippen molar-refractivity contribution in [3.63, 3.8) is 0 Å². The lowest BCUT2D eigenvalue weighted by atomic mass is 10.0. The van der Waals surface area contributed by atoms with E-state index >= 15 is 0 Å². The van der Waals surface area contributed by atoms with E-state index in [1.54, 1.807) is 0 Å². The molecule has 0 aliphatic heterocycles. The van der Waals surface area contributed by atoms with Crippen LogP contribution < -0.4 is 5.63 Å². The smallest absolute Gasteiger partial charge is 0.344 e. The van der Waals surface area contributed by atoms with Crippen LogP contribution in [0.15, 0.2) is 69.9 Å². The molecule has 22 heavy (non-hydrogen) atoms. The zero-order valence-corrected chi connectivity index (χ0v) is 11.8. The van der Waals surface area contributed by atoms with Crippen LogP contribution in [-0.4, -0.2) is 0 Å². The molecule has 0 saturated carbocycles. The van der Waals surface area contributed by atoms with Crippen molar-refractivity contribution < 1.29 is 4.42 Å². The summed E-state index contributed by atoms with van der Waals surface area (Å²) in [6, 6.07) is 20.2. The Kier molecular flexibility index (Phi) is 2.18. The van der Waals surface area contributed by atoms with Crippen molar-refractivity contribution in [2.45, 2.75) is 6.42 Å². The van der Waals surface area contributed by atoms with E-state index in [0.717, 1.165) is 28.3 Å². The Labute approximate surface area is 126 Å². The van der Waals surface area contributed by atoms with Crippen molar-refractivity contribution in [1.29, 1.82) is 0 Å². The van der Waals surface area contributed by atoms with Gasteiger partial charge >= 0.3 is 5.63 Å². The van der Waals surface area contributed by atoms with Crippen molar-refractivity contribution >= 4 is 21.7 Å². The molecule has 0 radical (unpaired) electrons. The molecule has 5 rings (SSSR count). The van der Waals surface area contributed by atoms with Crippen LogP contribution in [-0.2, 0) is 6.42 Å². The molecule has 1 aliphatic carbocycles. The number of hydrogen-bond donors (Lipinski definition) is 0. The molecular formula is C20H12O2. The van der Waals surface area contributed by atoms with Gasteiger partial charge in [0.1, 0.15) is 5.58 Å². The second-order valence-corrected chi connectivity index (χ2v) is 5.74. The fourth-order valence-electron chi connectivity index (χ4n) is 3.56. The molecular weight excluding hydrogens is 272 g/mol. The number of rotatable bonds is 0. The Morgan fingerprint density at radius 1 is 0.727 bits per heavy atom. The standard InChI is InChI=1S/C20H12O2/c21-20-17-8-4-3-7-14(17)16-10-9-15-13-6-2-1-5-12(13)11-18(15)19(16)22-20/h1-10H,11H2. The molecule has 0 amide bonds. The highest BCUT2D eigenvalue weighted by molar-refractivity contribution is 6.07. The summed E-state index contributed by atoms with van der Waals surface area (Å²) in [6.45, 7) is 0. The molecule has 0 fully saturated rings. The quantitative estimate of drug-likeness (QED) is 0.309. The first-order chi connectivity index (χ1) is 10.8. The van der Waals surface area contributed by atoms with Gasteiger partial charge in [0.15, 0.2) is 0 Å². The highest BCUT2D eigenvalue weighted by Crippen LogP contribution is 2.41. The first-order valence-corrected chi connectivity index (χ1v) is 7.38. The van der Waals surface area contributed by atoms with Crippen LogP contribution in [0.4, 0.5) is 0 Å². The highest BCUT2D eigenvalue weighted by atomic mass is 16.4. The van der Waals surface area contributed by atoms with Crippen LogP contribution in [0.3, 0.4) is 0 Å². The molecule has 2 heteroatoms. The summed E-state index contributed by atoms with van der Waals surface area (Å²) in [5.74, 6) is 0. The fourth-order valence-corrected chi connectivity index (χ4v) is 3.56. The van der Waals surface area contributed by atoms with Gasteiger partial charge in [0.05, 0.1) is 5.39 Å². The van der Waals surface area contributed by atoms with Crippen LogP contribution in [0, 0.1) is 0 Å². The number of benzene rings is 3. The molecule has 1 aliphatic rings. The molecule has 1 aromatic heterocycles. The summed E-state index contributed by atoms with van der Waals surface area (Å²) in [4.78, 5) is 12.3. The molecule has 0 atom stereocenters. The van der Waals surface area contributed by atoms with Crippen molar-refractivity contribution in [2.24, 2.45) is 0 Å². The van der Waals surface area contributed by atoms with Gasteiger partial charge in [-0.15, -0.1) is 0 Å². The van der Waals surface area contributed by atoms with Gasteiger partial charge in [-0.3, -0.25) is 0 Å². The predicted octanol–water partition coefficient (Wildman–Crippen LogP) is 4.52. The first kappa shape index (κ1) is 11.8. The third kappa shape index (κ3) is 1.41. The van der Waals surface area contributed by atoms with Crippen molar-refractivity contribution in [3.8, 4) is 11.1 Å². The summed E-state index contributed by atoms with van der Waals surface area (Å²) < 4.78 is 5.69. The van der Waals surface area contributed by atoms with Crippen LogP contribution in [0.25, 0.3) is 32.9 Å². The lowest BCUT2D eigenvalue weighted by Crippen LogP contribution is -2.00. The van der Waals surface area contributed by atoms with Gasteiger partial charge in [-0.2, -0.15) is 0 Å². The molecule has 4 aromatic rings. The Balaban J connectivity index is 1.96. The Morgan fingerprint density at radius 3 is 2.41 bits per heavy atom. The SMILES string of the molecule is O=c1oc2c3c(ccc2c2ccccc12)-c1ccccc1C3. The lowest BCUT2D eigenvalue weighted by Gasteiger charge is -2.07. The van der Waals surface area contributed by atoms with Gasteiger partial charge in [-0.25, -0.2) is 4.79 Å². The molecule has 104 valence electrons. The zero-order chi connectivity index (χ0) is 14.7. The van der Waals surface area contributed by atoms with Gasteiger partial charge in [0.25, 0.3) is 0 Å². The van der Waals surface area contributed by atoms with E-state index < -0.39 is 0 Å². The third-order valence-electron chi connectivity index (χ3n) is 4.57. The van der Waals surface area contributed by atoms with E-state index in [4.69, 9.17) is 4.42 Å². The molecule has 1 heterocycles. The van der Waals surface area contributed by atoms with E-state index in [1.165, 1.54) is 16.7 Å². The van der Waals surface area contributed by atoms with E-state index in [2.05, 4.69) is 36.4 Å². The average molecular weight is 284 g/mol. The normalized spacial score (nSPS) is 12.5. The number of hydrogen-bond acceptors (Lipinski definition) is 2. The molecule has 2 nitrogen and oxygen atoms in total. The van der Waals surface area contributed by atoms with Crippen LogP contribution in [0.5, 0.6) is 0 Å². The first-order valence-electron chi connectivity index (χ1n) is 7.38. The second-order valence-electron chi connectivity index (χ2n) is 5.74. The van der Waals surface area contributed by atoms with Crippen molar-refractivity contribution in [2.75, 3.05) is 0 Å². The molecule has 0 N–H and O–H groups in total. The minimum atomic E-state index is -0.257. The molecule has 0 saturated heterocycles. The molecule has 0 unspecified atom stereocenters. The van der Waals surface area contributed by atoms with Crippen molar-refractivity contribution in [3.05, 3.63) is 82.2 Å². The molecule has 3 aromatic carbocycles. The second kappa shape index (κ2) is 4.08.